The fourth-order valence-corrected chi connectivity index (χ4v) is 8.49. The Morgan fingerprint density at radius 2 is 1.06 bits per heavy atom. The molecule has 0 atom stereocenters. The van der Waals surface area contributed by atoms with E-state index >= 15 is 0 Å². The summed E-state index contributed by atoms with van der Waals surface area (Å²) in [5, 5.41) is 5.25. The monoisotopic (exact) mass is 636 g/mol. The van der Waals surface area contributed by atoms with Crippen LogP contribution in [0.25, 0.3) is 66.1 Å². The lowest BCUT2D eigenvalue weighted by Crippen LogP contribution is -2.22. The molecule has 0 amide bonds. The van der Waals surface area contributed by atoms with Crippen molar-refractivity contribution >= 4 is 43.6 Å². The first-order valence-corrected chi connectivity index (χ1v) is 17.7. The molecule has 0 radical (unpaired) electrons. The smallest absolute Gasteiger partial charge is 0.0547 e. The molecule has 49 heavy (non-hydrogen) atoms. The van der Waals surface area contributed by atoms with Gasteiger partial charge in [-0.1, -0.05) is 134 Å². The molecule has 6 aromatic carbocycles. The lowest BCUT2D eigenvalue weighted by molar-refractivity contribution is 0.568. The van der Waals surface area contributed by atoms with E-state index in [2.05, 4.69) is 186 Å². The first-order valence-electron chi connectivity index (χ1n) is 17.7. The van der Waals surface area contributed by atoms with Gasteiger partial charge in [0, 0.05) is 32.6 Å². The van der Waals surface area contributed by atoms with Gasteiger partial charge >= 0.3 is 0 Å². The van der Waals surface area contributed by atoms with E-state index in [0.29, 0.717) is 0 Å². The number of fused-ring (bicyclic) bond motifs is 6. The van der Waals surface area contributed by atoms with Gasteiger partial charge in [-0.25, -0.2) is 0 Å². The van der Waals surface area contributed by atoms with Crippen molar-refractivity contribution in [1.29, 1.82) is 0 Å². The topological polar surface area (TPSA) is 9.86 Å². The maximum absolute atomic E-state index is 2.56. The molecule has 1 aliphatic carbocycles. The Kier molecular flexibility index (Phi) is 6.11. The Bertz CT molecular complexity index is 2560. The Labute approximate surface area is 289 Å². The third-order valence-corrected chi connectivity index (χ3v) is 11.2. The summed E-state index contributed by atoms with van der Waals surface area (Å²) < 4.78 is 5.08. The fourth-order valence-electron chi connectivity index (χ4n) is 8.49. The summed E-state index contributed by atoms with van der Waals surface area (Å²) in [6.07, 6.45) is 0. The van der Waals surface area contributed by atoms with Crippen molar-refractivity contribution in [2.24, 2.45) is 0 Å². The van der Waals surface area contributed by atoms with Crippen LogP contribution in [0.1, 0.15) is 77.6 Å². The van der Waals surface area contributed by atoms with E-state index in [-0.39, 0.29) is 16.2 Å². The van der Waals surface area contributed by atoms with Crippen molar-refractivity contribution in [3.63, 3.8) is 0 Å². The molecule has 1 aliphatic rings. The quantitative estimate of drug-likeness (QED) is 0.179. The van der Waals surface area contributed by atoms with Crippen molar-refractivity contribution in [1.82, 2.24) is 9.13 Å². The highest BCUT2D eigenvalue weighted by Gasteiger charge is 2.35. The molecule has 2 bridgehead atoms. The molecule has 0 N–H and O–H groups in total. The largest absolute Gasteiger partial charge is 0.309 e. The molecule has 9 rings (SSSR count). The summed E-state index contributed by atoms with van der Waals surface area (Å²) in [5.41, 5.74) is 15.2. The average Bonchev–Trinajstić information content (AvgIpc) is 3.59. The predicted octanol–water partition coefficient (Wildman–Crippen LogP) is 12.8. The summed E-state index contributed by atoms with van der Waals surface area (Å²) in [6, 6.07) is 46.1. The van der Waals surface area contributed by atoms with Crippen molar-refractivity contribution < 1.29 is 0 Å². The minimum absolute atomic E-state index is 0.0128. The van der Waals surface area contributed by atoms with Crippen molar-refractivity contribution in [2.75, 3.05) is 0 Å². The lowest BCUT2D eigenvalue weighted by atomic mass is 9.73. The number of para-hydroxylation sites is 2. The molecule has 0 spiro atoms. The maximum atomic E-state index is 2.56. The van der Waals surface area contributed by atoms with Crippen LogP contribution in [0.15, 0.2) is 121 Å². The summed E-state index contributed by atoms with van der Waals surface area (Å²) in [7, 11) is 0. The number of nitrogens with zero attached hydrogens (tertiary/aromatic N) is 2. The highest BCUT2D eigenvalue weighted by atomic mass is 15.0. The van der Waals surface area contributed by atoms with E-state index in [1.165, 1.54) is 88.4 Å². The third-order valence-electron chi connectivity index (χ3n) is 11.2. The molecule has 0 unspecified atom stereocenters. The van der Waals surface area contributed by atoms with Crippen LogP contribution in [-0.2, 0) is 16.2 Å². The first kappa shape index (κ1) is 30.0. The van der Waals surface area contributed by atoms with Gasteiger partial charge in [0.25, 0.3) is 0 Å². The summed E-state index contributed by atoms with van der Waals surface area (Å²) in [5.74, 6) is 0. The number of aromatic nitrogens is 2. The maximum Gasteiger partial charge on any atom is 0.0547 e. The Morgan fingerprint density at radius 1 is 0.490 bits per heavy atom. The minimum atomic E-state index is -0.284. The van der Waals surface area contributed by atoms with Crippen LogP contribution in [0.5, 0.6) is 0 Å². The van der Waals surface area contributed by atoms with Crippen LogP contribution in [0.4, 0.5) is 0 Å². The van der Waals surface area contributed by atoms with Crippen LogP contribution in [0.2, 0.25) is 0 Å². The third kappa shape index (κ3) is 4.26. The standard InChI is InChI=1S/C47H44N2/c1-45(2,3)31-26-32(46(4,5)6)28-33(27-31)48-39-22-14-19-34-29-15-13-16-30(25-29)47(7,8)44-41(24-23-40(48)43(44)42(34)39)49-37-20-11-9-17-35(37)36-18-10-12-21-38(36)49/h9-28H,1-8H3. The molecule has 2 heterocycles. The first-order chi connectivity index (χ1) is 23.3. The van der Waals surface area contributed by atoms with Crippen molar-refractivity contribution in [3.8, 4) is 22.5 Å². The molecule has 242 valence electrons. The normalized spacial score (nSPS) is 14.3. The van der Waals surface area contributed by atoms with Crippen LogP contribution in [0.3, 0.4) is 0 Å². The summed E-state index contributed by atoms with van der Waals surface area (Å²) >= 11 is 0. The number of benzene rings is 6. The second kappa shape index (κ2) is 9.98. The number of rotatable bonds is 2. The zero-order valence-corrected chi connectivity index (χ0v) is 29.9. The van der Waals surface area contributed by atoms with E-state index in [4.69, 9.17) is 0 Å². The molecule has 8 aromatic rings. The van der Waals surface area contributed by atoms with E-state index in [1.54, 1.807) is 0 Å². The minimum Gasteiger partial charge on any atom is -0.309 e. The van der Waals surface area contributed by atoms with Gasteiger partial charge in [-0.15, -0.1) is 0 Å². The average molecular weight is 637 g/mol. The molecule has 0 fully saturated rings. The van der Waals surface area contributed by atoms with Crippen LogP contribution in [0, 0.1) is 0 Å². The molecule has 0 saturated heterocycles. The van der Waals surface area contributed by atoms with Gasteiger partial charge in [-0.3, -0.25) is 0 Å². The molecule has 0 saturated carbocycles. The van der Waals surface area contributed by atoms with Gasteiger partial charge in [0.15, 0.2) is 0 Å². The zero-order chi connectivity index (χ0) is 34.0. The SMILES string of the molecule is CC(C)(C)c1cc(-n2c3cccc4c3c3c(c(-n5c6ccccc6c6ccccc65)ccc32)C(C)(C)c2cccc-4c2)cc(C(C)(C)C)c1. The van der Waals surface area contributed by atoms with Gasteiger partial charge < -0.3 is 9.13 Å². The molecule has 0 aliphatic heterocycles. The number of hydrogen-bond acceptors (Lipinski definition) is 0. The molecular weight excluding hydrogens is 593 g/mol. The Balaban J connectivity index is 1.51. The summed E-state index contributed by atoms with van der Waals surface area (Å²) in [6.45, 7) is 18.8. The lowest BCUT2D eigenvalue weighted by Gasteiger charge is -2.32. The highest BCUT2D eigenvalue weighted by Crippen LogP contribution is 2.50. The van der Waals surface area contributed by atoms with Crippen LogP contribution >= 0.6 is 0 Å². The summed E-state index contributed by atoms with van der Waals surface area (Å²) in [4.78, 5) is 0. The van der Waals surface area contributed by atoms with Gasteiger partial charge in [-0.2, -0.15) is 0 Å². The van der Waals surface area contributed by atoms with Crippen molar-refractivity contribution in [3.05, 3.63) is 144 Å². The molecule has 2 heteroatoms. The molecule has 2 aromatic heterocycles. The van der Waals surface area contributed by atoms with E-state index in [0.717, 1.165) is 0 Å². The van der Waals surface area contributed by atoms with E-state index in [9.17, 15) is 0 Å². The van der Waals surface area contributed by atoms with Gasteiger partial charge in [0.2, 0.25) is 0 Å². The van der Waals surface area contributed by atoms with Crippen LogP contribution < -0.4 is 0 Å². The Morgan fingerprint density at radius 3 is 1.69 bits per heavy atom. The van der Waals surface area contributed by atoms with Gasteiger partial charge in [0.05, 0.1) is 27.8 Å². The van der Waals surface area contributed by atoms with E-state index < -0.39 is 0 Å². The van der Waals surface area contributed by atoms with Crippen LogP contribution in [-0.4, -0.2) is 9.13 Å². The van der Waals surface area contributed by atoms with Crippen molar-refractivity contribution in [2.45, 2.75) is 71.6 Å². The fraction of sp³-hybridized carbons (Fsp3) is 0.234. The second-order valence-corrected chi connectivity index (χ2v) is 16.7. The Hall–Kier alpha value is -5.08. The highest BCUT2D eigenvalue weighted by molar-refractivity contribution is 6.19. The van der Waals surface area contributed by atoms with Gasteiger partial charge in [0.1, 0.15) is 0 Å². The van der Waals surface area contributed by atoms with Gasteiger partial charge in [-0.05, 0) is 86.7 Å². The zero-order valence-electron chi connectivity index (χ0n) is 29.9. The second-order valence-electron chi connectivity index (χ2n) is 16.7. The predicted molar refractivity (Wildman–Crippen MR) is 210 cm³/mol. The molecular formula is C47H44N2. The van der Waals surface area contributed by atoms with E-state index in [1.807, 2.05) is 0 Å². The molecule has 2 nitrogen and oxygen atoms in total. The number of hydrogen-bond donors (Lipinski definition) is 0.